The van der Waals surface area contributed by atoms with Gasteiger partial charge in [0.2, 0.25) is 5.91 Å². The van der Waals surface area contributed by atoms with Crippen LogP contribution in [0.1, 0.15) is 6.42 Å². The van der Waals surface area contributed by atoms with Crippen LogP contribution in [0.25, 0.3) is 0 Å². The van der Waals surface area contributed by atoms with E-state index in [-0.39, 0.29) is 25.6 Å². The van der Waals surface area contributed by atoms with Gasteiger partial charge in [-0.3, -0.25) is 4.79 Å². The smallest absolute Gasteiger partial charge is 0.237 e. The molecule has 2 atom stereocenters. The number of alkyl halides is 1. The molecule has 0 N–H and O–H groups in total. The number of anilines is 1. The monoisotopic (exact) mass is 330 g/mol. The number of amides is 1. The lowest BCUT2D eigenvalue weighted by Gasteiger charge is -2.29. The highest BCUT2D eigenvalue weighted by Crippen LogP contribution is 2.25. The van der Waals surface area contributed by atoms with Gasteiger partial charge >= 0.3 is 0 Å². The summed E-state index contributed by atoms with van der Waals surface area (Å²) in [5, 5.41) is 0. The van der Waals surface area contributed by atoms with Crippen LogP contribution >= 0.6 is 0 Å². The van der Waals surface area contributed by atoms with Gasteiger partial charge in [0.15, 0.2) is 9.84 Å². The molecule has 122 valence electrons. The van der Waals surface area contributed by atoms with Gasteiger partial charge in [-0.15, -0.1) is 0 Å². The van der Waals surface area contributed by atoms with Crippen molar-refractivity contribution in [1.29, 1.82) is 0 Å². The fourth-order valence-electron chi connectivity index (χ4n) is 2.52. The lowest BCUT2D eigenvalue weighted by molar-refractivity contribution is -0.127. The van der Waals surface area contributed by atoms with E-state index in [2.05, 4.69) is 9.97 Å². The van der Waals surface area contributed by atoms with Crippen molar-refractivity contribution in [3.63, 3.8) is 0 Å². The first-order valence-electron chi connectivity index (χ1n) is 6.84. The Bertz CT molecular complexity index is 625. The third-order valence-electron chi connectivity index (χ3n) is 3.52. The van der Waals surface area contributed by atoms with Crippen LogP contribution in [0.4, 0.5) is 10.2 Å². The summed E-state index contributed by atoms with van der Waals surface area (Å²) in [5.41, 5.74) is 0. The van der Waals surface area contributed by atoms with Crippen molar-refractivity contribution in [2.45, 2.75) is 18.6 Å². The van der Waals surface area contributed by atoms with Crippen molar-refractivity contribution in [1.82, 2.24) is 14.9 Å². The topological polar surface area (TPSA) is 83.5 Å². The molecule has 1 amide bonds. The molecule has 1 aliphatic rings. The molecule has 22 heavy (non-hydrogen) atoms. The Labute approximate surface area is 129 Å². The molecular formula is C13H19FN4O3S. The van der Waals surface area contributed by atoms with Crippen LogP contribution in [0.2, 0.25) is 0 Å². The summed E-state index contributed by atoms with van der Waals surface area (Å²) in [7, 11) is -1.85. The predicted octanol–water partition coefficient (Wildman–Crippen LogP) is -0.104. The molecule has 0 radical (unpaired) electrons. The van der Waals surface area contributed by atoms with Crippen LogP contribution in [0.5, 0.6) is 0 Å². The molecule has 0 unspecified atom stereocenters. The SMILES string of the molecule is CN(C[C@@H]1C[C@H](F)CN1c1ccncn1)C(=O)CS(C)(=O)=O. The molecule has 0 aromatic carbocycles. The van der Waals surface area contributed by atoms with Gasteiger partial charge in [0.05, 0.1) is 12.6 Å². The highest BCUT2D eigenvalue weighted by molar-refractivity contribution is 7.91. The van der Waals surface area contributed by atoms with Crippen molar-refractivity contribution in [2.75, 3.05) is 37.0 Å². The molecule has 1 aliphatic heterocycles. The Kier molecular flexibility index (Phi) is 4.94. The Balaban J connectivity index is 2.05. The van der Waals surface area contributed by atoms with Crippen LogP contribution in [-0.4, -0.2) is 73.6 Å². The first-order chi connectivity index (χ1) is 10.3. The van der Waals surface area contributed by atoms with Gasteiger partial charge in [0.25, 0.3) is 0 Å². The summed E-state index contributed by atoms with van der Waals surface area (Å²) >= 11 is 0. The normalized spacial score (nSPS) is 21.9. The number of halogens is 1. The van der Waals surface area contributed by atoms with Crippen molar-refractivity contribution in [3.05, 3.63) is 18.6 Å². The Morgan fingerprint density at radius 2 is 2.27 bits per heavy atom. The maximum atomic E-state index is 13.7. The summed E-state index contributed by atoms with van der Waals surface area (Å²) < 4.78 is 36.1. The van der Waals surface area contributed by atoms with Crippen LogP contribution in [0, 0.1) is 0 Å². The van der Waals surface area contributed by atoms with E-state index in [1.54, 1.807) is 17.2 Å². The summed E-state index contributed by atoms with van der Waals surface area (Å²) in [6.45, 7) is 0.453. The second-order valence-corrected chi connectivity index (χ2v) is 7.69. The van der Waals surface area contributed by atoms with Crippen LogP contribution in [0.3, 0.4) is 0 Å². The number of hydrogen-bond acceptors (Lipinski definition) is 6. The van der Waals surface area contributed by atoms with E-state index in [0.717, 1.165) is 6.26 Å². The summed E-state index contributed by atoms with van der Waals surface area (Å²) in [6, 6.07) is 1.45. The zero-order chi connectivity index (χ0) is 16.3. The number of nitrogens with zero attached hydrogens (tertiary/aromatic N) is 4. The third kappa shape index (κ3) is 4.36. The molecular weight excluding hydrogens is 311 g/mol. The number of hydrogen-bond donors (Lipinski definition) is 0. The van der Waals surface area contributed by atoms with Gasteiger partial charge in [0.1, 0.15) is 24.1 Å². The Morgan fingerprint density at radius 1 is 1.55 bits per heavy atom. The van der Waals surface area contributed by atoms with Crippen molar-refractivity contribution < 1.29 is 17.6 Å². The number of carbonyl (C=O) groups excluding carboxylic acids is 1. The van der Waals surface area contributed by atoms with E-state index < -0.39 is 27.7 Å². The van der Waals surface area contributed by atoms with Gasteiger partial charge in [-0.1, -0.05) is 0 Å². The number of carbonyl (C=O) groups is 1. The second-order valence-electron chi connectivity index (χ2n) is 5.55. The molecule has 1 saturated heterocycles. The Morgan fingerprint density at radius 3 is 2.86 bits per heavy atom. The summed E-state index contributed by atoms with van der Waals surface area (Å²) in [6.07, 6.45) is 3.25. The average molecular weight is 330 g/mol. The minimum Gasteiger partial charge on any atom is -0.349 e. The van der Waals surface area contributed by atoms with Crippen molar-refractivity contribution in [3.8, 4) is 0 Å². The minimum atomic E-state index is -3.38. The van der Waals surface area contributed by atoms with Crippen molar-refractivity contribution in [2.24, 2.45) is 0 Å². The molecule has 9 heteroatoms. The fraction of sp³-hybridized carbons (Fsp3) is 0.615. The van der Waals surface area contributed by atoms with Gasteiger partial charge in [-0.2, -0.15) is 0 Å². The average Bonchev–Trinajstić information content (AvgIpc) is 2.78. The van der Waals surface area contributed by atoms with Gasteiger partial charge < -0.3 is 9.80 Å². The first kappa shape index (κ1) is 16.6. The number of aromatic nitrogens is 2. The lowest BCUT2D eigenvalue weighted by atomic mass is 10.2. The van der Waals surface area contributed by atoms with Crippen molar-refractivity contribution >= 4 is 21.6 Å². The van der Waals surface area contributed by atoms with E-state index in [0.29, 0.717) is 5.82 Å². The lowest BCUT2D eigenvalue weighted by Crippen LogP contribution is -2.43. The minimum absolute atomic E-state index is 0.204. The molecule has 0 saturated carbocycles. The van der Waals surface area contributed by atoms with E-state index in [4.69, 9.17) is 0 Å². The summed E-state index contributed by atoms with van der Waals surface area (Å²) in [4.78, 5) is 22.9. The van der Waals surface area contributed by atoms with Crippen LogP contribution in [-0.2, 0) is 14.6 Å². The standard InChI is InChI=1S/C13H19FN4O3S/c1-17(13(19)8-22(2,20)21)7-11-5-10(14)6-18(11)12-3-4-15-9-16-12/h3-4,9-11H,5-8H2,1-2H3/t10-,11-/m0/s1. The quantitative estimate of drug-likeness (QED) is 0.749. The van der Waals surface area contributed by atoms with Gasteiger partial charge in [0, 0.05) is 32.5 Å². The van der Waals surface area contributed by atoms with E-state index in [1.807, 2.05) is 0 Å². The summed E-state index contributed by atoms with van der Waals surface area (Å²) in [5.74, 6) is -0.431. The zero-order valence-corrected chi connectivity index (χ0v) is 13.3. The Hall–Kier alpha value is -1.77. The number of sulfone groups is 1. The van der Waals surface area contributed by atoms with E-state index >= 15 is 0 Å². The van der Waals surface area contributed by atoms with Gasteiger partial charge in [-0.25, -0.2) is 22.8 Å². The molecule has 1 fully saturated rings. The maximum absolute atomic E-state index is 13.7. The highest BCUT2D eigenvalue weighted by Gasteiger charge is 2.34. The van der Waals surface area contributed by atoms with Crippen LogP contribution in [0.15, 0.2) is 18.6 Å². The molecule has 7 nitrogen and oxygen atoms in total. The largest absolute Gasteiger partial charge is 0.349 e. The van der Waals surface area contributed by atoms with Crippen LogP contribution < -0.4 is 4.90 Å². The maximum Gasteiger partial charge on any atom is 0.237 e. The first-order valence-corrected chi connectivity index (χ1v) is 8.90. The number of likely N-dealkylation sites (N-methyl/N-ethyl adjacent to an activating group) is 1. The molecule has 1 aromatic rings. The molecule has 2 heterocycles. The molecule has 0 aliphatic carbocycles. The highest BCUT2D eigenvalue weighted by atomic mass is 32.2. The zero-order valence-electron chi connectivity index (χ0n) is 12.5. The number of rotatable bonds is 5. The molecule has 0 spiro atoms. The second kappa shape index (κ2) is 6.55. The fourth-order valence-corrected chi connectivity index (χ4v) is 3.19. The molecule has 1 aromatic heterocycles. The molecule has 2 rings (SSSR count). The third-order valence-corrected chi connectivity index (χ3v) is 4.29. The van der Waals surface area contributed by atoms with E-state index in [1.165, 1.54) is 18.3 Å². The van der Waals surface area contributed by atoms with E-state index in [9.17, 15) is 17.6 Å². The molecule has 0 bridgehead atoms. The van der Waals surface area contributed by atoms with Gasteiger partial charge in [-0.05, 0) is 6.07 Å². The predicted molar refractivity (Wildman–Crippen MR) is 80.0 cm³/mol.